The van der Waals surface area contributed by atoms with E-state index in [2.05, 4.69) is 282 Å². The Morgan fingerprint density at radius 3 is 1.07 bits per heavy atom. The maximum atomic E-state index is 5.23. The molecule has 16 aromatic rings. The quantitative estimate of drug-likeness (QED) is 0.145. The Balaban J connectivity index is 0.795. The summed E-state index contributed by atoms with van der Waals surface area (Å²) in [5.41, 5.74) is 19.1. The zero-order valence-electron chi connectivity index (χ0n) is 43.8. The molecule has 0 N–H and O–H groups in total. The molecule has 6 heteroatoms. The molecule has 0 radical (unpaired) electrons. The van der Waals surface area contributed by atoms with Crippen molar-refractivity contribution in [1.29, 1.82) is 0 Å². The standard InChI is InChI=1S/C75H47N5S/c1-5-17-48(18-6-1)50-21-15-23-56(41-50)73-76-74(57-24-16-22-51(42-57)49-19-7-2-8-20-49)78-75(77-73)58-31-36-62-66-46-55(35-40-71(66)81-72(62)47-58)54-34-39-70-65(45-54)64-44-53(33-38-69(64)80(70)60-27-11-4-12-28-60)52-32-37-68-63(43-52)61-29-13-14-30-67(61)79(68)59-25-9-3-10-26-59/h1-47H. The van der Waals surface area contributed by atoms with Gasteiger partial charge in [0.1, 0.15) is 0 Å². The van der Waals surface area contributed by atoms with Crippen molar-refractivity contribution in [3.63, 3.8) is 0 Å². The molecule has 0 spiro atoms. The minimum absolute atomic E-state index is 0.629. The van der Waals surface area contributed by atoms with Crippen molar-refractivity contribution in [2.75, 3.05) is 0 Å². The second-order valence-corrected chi connectivity index (χ2v) is 21.9. The summed E-state index contributed by atoms with van der Waals surface area (Å²) in [5.74, 6) is 1.89. The number of aromatic nitrogens is 5. The highest BCUT2D eigenvalue weighted by Gasteiger charge is 2.20. The van der Waals surface area contributed by atoms with E-state index < -0.39 is 0 Å². The number of hydrogen-bond acceptors (Lipinski definition) is 4. The molecule has 0 fully saturated rings. The van der Waals surface area contributed by atoms with Crippen molar-refractivity contribution in [2.24, 2.45) is 0 Å². The van der Waals surface area contributed by atoms with Crippen LogP contribution in [0.3, 0.4) is 0 Å². The molecule has 0 bridgehead atoms. The Hall–Kier alpha value is -10.5. The molecule has 4 heterocycles. The maximum absolute atomic E-state index is 5.23. The number of fused-ring (bicyclic) bond motifs is 9. The van der Waals surface area contributed by atoms with Gasteiger partial charge in [0, 0.05) is 69.8 Å². The summed E-state index contributed by atoms with van der Waals surface area (Å²) < 4.78 is 7.19. The molecular formula is C75H47N5S. The zero-order chi connectivity index (χ0) is 53.4. The minimum atomic E-state index is 0.629. The SMILES string of the molecule is c1ccc(-c2cccc(-c3nc(-c4cccc(-c5ccccc5)c4)nc(-c4ccc5c(c4)sc4ccc(-c6ccc7c(c6)c6cc(-c8ccc9c(c8)c8ccccc8n9-c8ccccc8)ccc6n7-c6ccccc6)cc45)n3)c2)cc1. The number of hydrogen-bond donors (Lipinski definition) is 0. The van der Waals surface area contributed by atoms with Gasteiger partial charge in [-0.3, -0.25) is 0 Å². The summed E-state index contributed by atoms with van der Waals surface area (Å²) in [6.45, 7) is 0. The molecule has 378 valence electrons. The Bertz CT molecular complexity index is 5000. The van der Waals surface area contributed by atoms with E-state index in [0.717, 1.165) is 50.3 Å². The highest BCUT2D eigenvalue weighted by molar-refractivity contribution is 7.25. The van der Waals surface area contributed by atoms with Crippen LogP contribution in [0.1, 0.15) is 0 Å². The van der Waals surface area contributed by atoms with E-state index in [1.165, 1.54) is 86.0 Å². The number of rotatable bonds is 9. The molecule has 5 nitrogen and oxygen atoms in total. The van der Waals surface area contributed by atoms with E-state index in [0.29, 0.717) is 17.5 Å². The van der Waals surface area contributed by atoms with Crippen LogP contribution >= 0.6 is 11.3 Å². The van der Waals surface area contributed by atoms with Crippen LogP contribution in [-0.2, 0) is 0 Å². The fraction of sp³-hybridized carbons (Fsp3) is 0. The summed E-state index contributed by atoms with van der Waals surface area (Å²) in [6.07, 6.45) is 0. The fourth-order valence-electron chi connectivity index (χ4n) is 12.0. The monoisotopic (exact) mass is 1050 g/mol. The Morgan fingerprint density at radius 2 is 0.568 bits per heavy atom. The van der Waals surface area contributed by atoms with E-state index in [9.17, 15) is 0 Å². The molecule has 0 saturated heterocycles. The third kappa shape index (κ3) is 8.11. The molecule has 12 aromatic carbocycles. The molecule has 81 heavy (non-hydrogen) atoms. The largest absolute Gasteiger partial charge is 0.309 e. The van der Waals surface area contributed by atoms with Gasteiger partial charge in [-0.2, -0.15) is 0 Å². The molecule has 0 saturated carbocycles. The average Bonchev–Trinajstić information content (AvgIpc) is 4.30. The highest BCUT2D eigenvalue weighted by atomic mass is 32.1. The van der Waals surface area contributed by atoms with Crippen LogP contribution in [0.25, 0.3) is 154 Å². The van der Waals surface area contributed by atoms with Crippen LogP contribution in [0.5, 0.6) is 0 Å². The minimum Gasteiger partial charge on any atom is -0.309 e. The summed E-state index contributed by atoms with van der Waals surface area (Å²) in [7, 11) is 0. The summed E-state index contributed by atoms with van der Waals surface area (Å²) in [4.78, 5) is 15.6. The van der Waals surface area contributed by atoms with Crippen LogP contribution in [-0.4, -0.2) is 24.1 Å². The van der Waals surface area contributed by atoms with E-state index >= 15 is 0 Å². The number of para-hydroxylation sites is 3. The Morgan fingerprint density at radius 1 is 0.210 bits per heavy atom. The lowest BCUT2D eigenvalue weighted by atomic mass is 9.98. The summed E-state index contributed by atoms with van der Waals surface area (Å²) in [6, 6.07) is 103. The van der Waals surface area contributed by atoms with Crippen LogP contribution in [0.4, 0.5) is 0 Å². The number of nitrogens with zero attached hydrogens (tertiary/aromatic N) is 5. The molecule has 16 rings (SSSR count). The predicted molar refractivity (Wildman–Crippen MR) is 339 cm³/mol. The normalized spacial score (nSPS) is 11.7. The first-order valence-electron chi connectivity index (χ1n) is 27.4. The van der Waals surface area contributed by atoms with Gasteiger partial charge in [-0.05, 0) is 142 Å². The van der Waals surface area contributed by atoms with Gasteiger partial charge >= 0.3 is 0 Å². The Labute approximate surface area is 471 Å². The molecule has 0 amide bonds. The van der Waals surface area contributed by atoms with Gasteiger partial charge in [-0.1, -0.05) is 188 Å². The molecule has 0 aliphatic heterocycles. The van der Waals surface area contributed by atoms with Crippen molar-refractivity contribution in [1.82, 2.24) is 24.1 Å². The second kappa shape index (κ2) is 19.1. The van der Waals surface area contributed by atoms with E-state index in [-0.39, 0.29) is 0 Å². The van der Waals surface area contributed by atoms with Crippen molar-refractivity contribution in [3.05, 3.63) is 285 Å². The zero-order valence-corrected chi connectivity index (χ0v) is 44.6. The van der Waals surface area contributed by atoms with Gasteiger partial charge in [0.15, 0.2) is 17.5 Å². The lowest BCUT2D eigenvalue weighted by molar-refractivity contribution is 1.07. The van der Waals surface area contributed by atoms with E-state index in [1.807, 2.05) is 12.1 Å². The van der Waals surface area contributed by atoms with Crippen molar-refractivity contribution >= 4 is 75.1 Å². The van der Waals surface area contributed by atoms with Crippen molar-refractivity contribution < 1.29 is 0 Å². The third-order valence-electron chi connectivity index (χ3n) is 16.0. The first kappa shape index (κ1) is 46.6. The van der Waals surface area contributed by atoms with Gasteiger partial charge in [-0.25, -0.2) is 15.0 Å². The van der Waals surface area contributed by atoms with Crippen molar-refractivity contribution in [3.8, 4) is 90.0 Å². The first-order valence-corrected chi connectivity index (χ1v) is 28.2. The smallest absolute Gasteiger partial charge is 0.164 e. The molecule has 0 aliphatic carbocycles. The van der Waals surface area contributed by atoms with Gasteiger partial charge < -0.3 is 9.13 Å². The number of thiophene rings is 1. The second-order valence-electron chi connectivity index (χ2n) is 20.8. The lowest BCUT2D eigenvalue weighted by Gasteiger charge is -2.11. The third-order valence-corrected chi connectivity index (χ3v) is 17.1. The highest BCUT2D eigenvalue weighted by Crippen LogP contribution is 2.43. The predicted octanol–water partition coefficient (Wildman–Crippen LogP) is 20.1. The van der Waals surface area contributed by atoms with Gasteiger partial charge in [0.25, 0.3) is 0 Å². The van der Waals surface area contributed by atoms with Crippen LogP contribution in [0.15, 0.2) is 285 Å². The first-order chi connectivity index (χ1) is 40.1. The average molecular weight is 1050 g/mol. The lowest BCUT2D eigenvalue weighted by Crippen LogP contribution is -2.00. The molecule has 0 atom stereocenters. The van der Waals surface area contributed by atoms with Gasteiger partial charge in [-0.15, -0.1) is 11.3 Å². The van der Waals surface area contributed by atoms with Crippen LogP contribution in [0.2, 0.25) is 0 Å². The van der Waals surface area contributed by atoms with E-state index in [4.69, 9.17) is 15.0 Å². The summed E-state index contributed by atoms with van der Waals surface area (Å²) >= 11 is 1.80. The topological polar surface area (TPSA) is 48.5 Å². The van der Waals surface area contributed by atoms with E-state index in [1.54, 1.807) is 11.3 Å². The van der Waals surface area contributed by atoms with Crippen molar-refractivity contribution in [2.45, 2.75) is 0 Å². The summed E-state index contributed by atoms with van der Waals surface area (Å²) in [5, 5.41) is 7.34. The van der Waals surface area contributed by atoms with Gasteiger partial charge in [0.05, 0.1) is 22.1 Å². The molecule has 0 aliphatic rings. The number of benzene rings is 12. The molecular weight excluding hydrogens is 1000 g/mol. The van der Waals surface area contributed by atoms with Gasteiger partial charge in [0.2, 0.25) is 0 Å². The maximum Gasteiger partial charge on any atom is 0.164 e. The molecule has 4 aromatic heterocycles. The van der Waals surface area contributed by atoms with Crippen LogP contribution in [0, 0.1) is 0 Å². The fourth-order valence-corrected chi connectivity index (χ4v) is 13.2. The van der Waals surface area contributed by atoms with Crippen LogP contribution < -0.4 is 0 Å². The molecule has 0 unspecified atom stereocenters. The Kier molecular flexibility index (Phi) is 11.0.